The van der Waals surface area contributed by atoms with E-state index >= 15 is 0 Å². The van der Waals surface area contributed by atoms with Crippen LogP contribution in [-0.2, 0) is 4.74 Å². The fraction of sp³-hybridized carbons (Fsp3) is 0.500. The highest BCUT2D eigenvalue weighted by molar-refractivity contribution is 5.90. The van der Waals surface area contributed by atoms with E-state index in [1.54, 1.807) is 0 Å². The minimum absolute atomic E-state index is 0.107. The number of ether oxygens (including phenoxy) is 1. The number of rotatable bonds is 3. The van der Waals surface area contributed by atoms with Crippen molar-refractivity contribution in [3.63, 3.8) is 0 Å². The van der Waals surface area contributed by atoms with Crippen LogP contribution in [-0.4, -0.2) is 32.2 Å². The van der Waals surface area contributed by atoms with Gasteiger partial charge in [0.25, 0.3) is 0 Å². The molecule has 1 unspecified atom stereocenters. The van der Waals surface area contributed by atoms with Gasteiger partial charge in [-0.15, -0.1) is 0 Å². The summed E-state index contributed by atoms with van der Waals surface area (Å²) in [5.74, 6) is -2.43. The summed E-state index contributed by atoms with van der Waals surface area (Å²) in [6, 6.07) is 1.99. The lowest BCUT2D eigenvalue weighted by molar-refractivity contribution is 0.0595. The SMILES string of the molecule is COC(=O)c1cc(NC2CCCNCC2)c(F)cc1F. The van der Waals surface area contributed by atoms with E-state index < -0.39 is 17.6 Å². The van der Waals surface area contributed by atoms with Gasteiger partial charge in [-0.25, -0.2) is 13.6 Å². The molecule has 1 atom stereocenters. The average Bonchev–Trinajstić information content (AvgIpc) is 2.69. The number of benzene rings is 1. The van der Waals surface area contributed by atoms with Gasteiger partial charge in [-0.3, -0.25) is 0 Å². The molecule has 0 saturated carbocycles. The maximum atomic E-state index is 13.8. The summed E-state index contributed by atoms with van der Waals surface area (Å²) in [4.78, 5) is 11.4. The number of esters is 1. The van der Waals surface area contributed by atoms with Crippen molar-refractivity contribution in [3.8, 4) is 0 Å². The number of hydrogen-bond acceptors (Lipinski definition) is 4. The molecule has 0 spiro atoms. The Morgan fingerprint density at radius 3 is 2.85 bits per heavy atom. The number of carbonyl (C=O) groups is 1. The van der Waals surface area contributed by atoms with Crippen LogP contribution in [0.5, 0.6) is 0 Å². The Morgan fingerprint density at radius 2 is 2.10 bits per heavy atom. The van der Waals surface area contributed by atoms with Crippen molar-refractivity contribution in [2.24, 2.45) is 0 Å². The molecule has 1 aliphatic rings. The van der Waals surface area contributed by atoms with Gasteiger partial charge < -0.3 is 15.4 Å². The van der Waals surface area contributed by atoms with Crippen LogP contribution < -0.4 is 10.6 Å². The molecule has 1 aromatic carbocycles. The zero-order valence-electron chi connectivity index (χ0n) is 11.3. The topological polar surface area (TPSA) is 50.4 Å². The van der Waals surface area contributed by atoms with Gasteiger partial charge in [0.15, 0.2) is 0 Å². The van der Waals surface area contributed by atoms with Crippen LogP contribution in [0.15, 0.2) is 12.1 Å². The molecule has 0 amide bonds. The van der Waals surface area contributed by atoms with E-state index in [0.29, 0.717) is 6.07 Å². The predicted molar refractivity (Wildman–Crippen MR) is 71.8 cm³/mol. The summed E-state index contributed by atoms with van der Waals surface area (Å²) >= 11 is 0. The molecule has 0 radical (unpaired) electrons. The molecule has 0 bridgehead atoms. The van der Waals surface area contributed by atoms with Crippen LogP contribution in [0.1, 0.15) is 29.6 Å². The minimum atomic E-state index is -0.914. The minimum Gasteiger partial charge on any atom is -0.465 e. The van der Waals surface area contributed by atoms with Gasteiger partial charge >= 0.3 is 5.97 Å². The Kier molecular flexibility index (Phi) is 4.89. The van der Waals surface area contributed by atoms with Crippen LogP contribution in [0.3, 0.4) is 0 Å². The van der Waals surface area contributed by atoms with E-state index in [4.69, 9.17) is 0 Å². The number of nitrogens with one attached hydrogen (secondary N) is 2. The number of hydrogen-bond donors (Lipinski definition) is 2. The maximum Gasteiger partial charge on any atom is 0.340 e. The summed E-state index contributed by atoms with van der Waals surface area (Å²) in [6.07, 6.45) is 2.74. The summed E-state index contributed by atoms with van der Waals surface area (Å²) < 4.78 is 31.8. The van der Waals surface area contributed by atoms with E-state index in [1.165, 1.54) is 6.07 Å². The summed E-state index contributed by atoms with van der Waals surface area (Å²) in [5.41, 5.74) is -0.123. The van der Waals surface area contributed by atoms with Crippen LogP contribution in [0, 0.1) is 11.6 Å². The van der Waals surface area contributed by atoms with Gasteiger partial charge in [-0.2, -0.15) is 0 Å². The Bertz CT molecular complexity index is 486. The lowest BCUT2D eigenvalue weighted by Gasteiger charge is -2.18. The molecular weight excluding hydrogens is 266 g/mol. The number of anilines is 1. The van der Waals surface area contributed by atoms with E-state index in [-0.39, 0.29) is 17.3 Å². The third-order valence-corrected chi connectivity index (χ3v) is 3.40. The number of carbonyl (C=O) groups excluding carboxylic acids is 1. The molecule has 0 aliphatic carbocycles. The normalized spacial score (nSPS) is 19.2. The molecule has 6 heteroatoms. The van der Waals surface area contributed by atoms with Gasteiger partial charge in [0.05, 0.1) is 18.4 Å². The lowest BCUT2D eigenvalue weighted by Crippen LogP contribution is -2.22. The highest BCUT2D eigenvalue weighted by Crippen LogP contribution is 2.22. The fourth-order valence-corrected chi connectivity index (χ4v) is 2.31. The molecule has 4 nitrogen and oxygen atoms in total. The highest BCUT2D eigenvalue weighted by Gasteiger charge is 2.19. The zero-order chi connectivity index (χ0) is 14.5. The van der Waals surface area contributed by atoms with Crippen molar-refractivity contribution in [2.75, 3.05) is 25.5 Å². The molecular formula is C14H18F2N2O2. The van der Waals surface area contributed by atoms with Crippen molar-refractivity contribution in [2.45, 2.75) is 25.3 Å². The quantitative estimate of drug-likeness (QED) is 0.836. The van der Waals surface area contributed by atoms with Crippen molar-refractivity contribution in [1.29, 1.82) is 0 Å². The van der Waals surface area contributed by atoms with E-state index in [0.717, 1.165) is 39.5 Å². The third-order valence-electron chi connectivity index (χ3n) is 3.40. The Morgan fingerprint density at radius 1 is 1.30 bits per heavy atom. The van der Waals surface area contributed by atoms with Gasteiger partial charge in [-0.1, -0.05) is 0 Å². The summed E-state index contributed by atoms with van der Waals surface area (Å²) in [7, 11) is 1.16. The van der Waals surface area contributed by atoms with Gasteiger partial charge in [0.1, 0.15) is 11.6 Å². The van der Waals surface area contributed by atoms with E-state index in [9.17, 15) is 13.6 Å². The number of halogens is 2. The molecule has 2 N–H and O–H groups in total. The van der Waals surface area contributed by atoms with Gasteiger partial charge in [-0.05, 0) is 38.4 Å². The molecule has 1 fully saturated rings. The zero-order valence-corrected chi connectivity index (χ0v) is 11.3. The molecule has 1 saturated heterocycles. The van der Waals surface area contributed by atoms with Crippen molar-refractivity contribution < 1.29 is 18.3 Å². The van der Waals surface area contributed by atoms with E-state index in [1.807, 2.05) is 0 Å². The van der Waals surface area contributed by atoms with Crippen LogP contribution in [0.25, 0.3) is 0 Å². The second-order valence-electron chi connectivity index (χ2n) is 4.83. The smallest absolute Gasteiger partial charge is 0.340 e. The first-order valence-electron chi connectivity index (χ1n) is 6.66. The Hall–Kier alpha value is -1.69. The summed E-state index contributed by atoms with van der Waals surface area (Å²) in [5, 5.41) is 6.30. The Labute approximate surface area is 116 Å². The second-order valence-corrected chi connectivity index (χ2v) is 4.83. The van der Waals surface area contributed by atoms with E-state index in [2.05, 4.69) is 15.4 Å². The number of methoxy groups -OCH3 is 1. The first kappa shape index (κ1) is 14.7. The molecule has 20 heavy (non-hydrogen) atoms. The standard InChI is InChI=1S/C14H18F2N2O2/c1-20-14(19)10-7-13(12(16)8-11(10)15)18-9-3-2-5-17-6-4-9/h7-9,17-18H,2-6H2,1H3. The highest BCUT2D eigenvalue weighted by atomic mass is 19.1. The monoisotopic (exact) mass is 284 g/mol. The summed E-state index contributed by atoms with van der Waals surface area (Å²) in [6.45, 7) is 1.79. The molecule has 110 valence electrons. The van der Waals surface area contributed by atoms with Gasteiger partial charge in [0, 0.05) is 12.1 Å². The molecule has 1 aromatic rings. The first-order chi connectivity index (χ1) is 9.61. The fourth-order valence-electron chi connectivity index (χ4n) is 2.31. The first-order valence-corrected chi connectivity index (χ1v) is 6.66. The molecule has 2 rings (SSSR count). The van der Waals surface area contributed by atoms with Crippen molar-refractivity contribution >= 4 is 11.7 Å². The lowest BCUT2D eigenvalue weighted by atomic mass is 10.1. The molecule has 1 aliphatic heterocycles. The van der Waals surface area contributed by atoms with Crippen LogP contribution in [0.4, 0.5) is 14.5 Å². The largest absolute Gasteiger partial charge is 0.465 e. The van der Waals surface area contributed by atoms with Crippen LogP contribution >= 0.6 is 0 Å². The predicted octanol–water partition coefficient (Wildman–Crippen LogP) is 2.31. The second kappa shape index (κ2) is 6.65. The third kappa shape index (κ3) is 3.45. The van der Waals surface area contributed by atoms with Crippen molar-refractivity contribution in [3.05, 3.63) is 29.3 Å². The van der Waals surface area contributed by atoms with Gasteiger partial charge in [0.2, 0.25) is 0 Å². The van der Waals surface area contributed by atoms with Crippen LogP contribution in [0.2, 0.25) is 0 Å². The maximum absolute atomic E-state index is 13.8. The molecule has 1 heterocycles. The molecule has 0 aromatic heterocycles. The Balaban J connectivity index is 2.19. The average molecular weight is 284 g/mol. The van der Waals surface area contributed by atoms with Crippen molar-refractivity contribution in [1.82, 2.24) is 5.32 Å².